The van der Waals surface area contributed by atoms with E-state index in [0.717, 1.165) is 19.4 Å². The van der Waals surface area contributed by atoms with Gasteiger partial charge < -0.3 is 14.5 Å². The number of halogens is 1. The molecular formula is C21H27ClN2O3. The maximum absolute atomic E-state index is 12.7. The van der Waals surface area contributed by atoms with Gasteiger partial charge in [-0.15, -0.1) is 0 Å². The smallest absolute Gasteiger partial charge is 0.260 e. The molecule has 3 aliphatic rings. The van der Waals surface area contributed by atoms with Crippen molar-refractivity contribution in [2.45, 2.75) is 57.0 Å². The molecule has 0 bridgehead atoms. The zero-order chi connectivity index (χ0) is 18.8. The number of ether oxygens (including phenoxy) is 1. The lowest BCUT2D eigenvalue weighted by molar-refractivity contribution is -0.135. The summed E-state index contributed by atoms with van der Waals surface area (Å²) in [6, 6.07) is 7.42. The molecule has 0 unspecified atom stereocenters. The van der Waals surface area contributed by atoms with Crippen LogP contribution in [0, 0.1) is 5.92 Å². The summed E-state index contributed by atoms with van der Waals surface area (Å²) in [5.41, 5.74) is 0. The largest absolute Gasteiger partial charge is 0.484 e. The van der Waals surface area contributed by atoms with E-state index in [1.54, 1.807) is 24.3 Å². The normalized spacial score (nSPS) is 25.1. The fraction of sp³-hybridized carbons (Fsp3) is 0.619. The van der Waals surface area contributed by atoms with Gasteiger partial charge in [-0.3, -0.25) is 9.59 Å². The quantitative estimate of drug-likeness (QED) is 0.773. The van der Waals surface area contributed by atoms with Gasteiger partial charge in [-0.1, -0.05) is 30.5 Å². The molecule has 27 heavy (non-hydrogen) atoms. The first-order chi connectivity index (χ1) is 13.1. The molecular weight excluding hydrogens is 364 g/mol. The molecule has 0 N–H and O–H groups in total. The van der Waals surface area contributed by atoms with E-state index in [-0.39, 0.29) is 24.6 Å². The Morgan fingerprint density at radius 1 is 1.00 bits per heavy atom. The van der Waals surface area contributed by atoms with Crippen LogP contribution in [0.5, 0.6) is 5.75 Å². The van der Waals surface area contributed by atoms with E-state index in [1.165, 1.54) is 25.7 Å². The second kappa shape index (κ2) is 8.09. The first kappa shape index (κ1) is 18.6. The van der Waals surface area contributed by atoms with Gasteiger partial charge in [0.15, 0.2) is 6.61 Å². The van der Waals surface area contributed by atoms with Gasteiger partial charge in [0, 0.05) is 24.5 Å². The molecule has 4 rings (SSSR count). The summed E-state index contributed by atoms with van der Waals surface area (Å²) in [5.74, 6) is 1.46. The van der Waals surface area contributed by atoms with Crippen LogP contribution < -0.4 is 4.74 Å². The maximum Gasteiger partial charge on any atom is 0.260 e. The molecule has 2 aliphatic heterocycles. The van der Waals surface area contributed by atoms with Crippen molar-refractivity contribution >= 4 is 23.4 Å². The maximum atomic E-state index is 12.7. The molecule has 1 aromatic rings. The van der Waals surface area contributed by atoms with E-state index in [4.69, 9.17) is 16.3 Å². The Kier molecular flexibility index (Phi) is 5.58. The van der Waals surface area contributed by atoms with Gasteiger partial charge in [0.25, 0.3) is 5.91 Å². The average Bonchev–Trinajstić information content (AvgIpc) is 3.37. The van der Waals surface area contributed by atoms with E-state index in [1.807, 2.05) is 9.80 Å². The molecule has 2 atom stereocenters. The number of fused-ring (bicyclic) bond motifs is 1. The summed E-state index contributed by atoms with van der Waals surface area (Å²) in [5, 5.41) is 0.591. The molecule has 6 heteroatoms. The first-order valence-electron chi connectivity index (χ1n) is 10.1. The average molecular weight is 391 g/mol. The summed E-state index contributed by atoms with van der Waals surface area (Å²) < 4.78 is 5.62. The highest BCUT2D eigenvalue weighted by molar-refractivity contribution is 6.30. The van der Waals surface area contributed by atoms with Gasteiger partial charge >= 0.3 is 0 Å². The number of hydrogen-bond acceptors (Lipinski definition) is 3. The van der Waals surface area contributed by atoms with Crippen LogP contribution in [0.2, 0.25) is 5.02 Å². The molecule has 2 saturated heterocycles. The van der Waals surface area contributed by atoms with Crippen LogP contribution in [0.1, 0.15) is 44.9 Å². The highest BCUT2D eigenvalue weighted by Crippen LogP contribution is 2.34. The number of nitrogens with zero attached hydrogens (tertiary/aromatic N) is 2. The molecule has 0 radical (unpaired) electrons. The second-order valence-electron chi connectivity index (χ2n) is 7.99. The zero-order valence-corrected chi connectivity index (χ0v) is 16.4. The fourth-order valence-electron chi connectivity index (χ4n) is 4.97. The number of carbonyl (C=O) groups excluding carboxylic acids is 2. The van der Waals surface area contributed by atoms with Crippen LogP contribution in [0.25, 0.3) is 0 Å². The molecule has 1 aromatic carbocycles. The van der Waals surface area contributed by atoms with E-state index in [9.17, 15) is 9.59 Å². The molecule has 3 fully saturated rings. The summed E-state index contributed by atoms with van der Waals surface area (Å²) in [4.78, 5) is 29.4. The molecule has 0 spiro atoms. The third-order valence-electron chi connectivity index (χ3n) is 6.31. The van der Waals surface area contributed by atoms with Crippen LogP contribution in [-0.4, -0.2) is 53.4 Å². The van der Waals surface area contributed by atoms with E-state index >= 15 is 0 Å². The molecule has 1 aliphatic carbocycles. The van der Waals surface area contributed by atoms with E-state index in [2.05, 4.69) is 0 Å². The predicted octanol–water partition coefficient (Wildman–Crippen LogP) is 3.50. The zero-order valence-electron chi connectivity index (χ0n) is 15.6. The third-order valence-corrected chi connectivity index (χ3v) is 6.55. The van der Waals surface area contributed by atoms with Gasteiger partial charge in [-0.2, -0.15) is 0 Å². The van der Waals surface area contributed by atoms with Gasteiger partial charge in [0.05, 0.1) is 12.1 Å². The van der Waals surface area contributed by atoms with Crippen molar-refractivity contribution in [3.05, 3.63) is 29.3 Å². The molecule has 5 nitrogen and oxygen atoms in total. The van der Waals surface area contributed by atoms with Crippen LogP contribution >= 0.6 is 11.6 Å². The van der Waals surface area contributed by atoms with Crippen molar-refractivity contribution in [1.29, 1.82) is 0 Å². The number of hydrogen-bond donors (Lipinski definition) is 0. The van der Waals surface area contributed by atoms with Crippen LogP contribution in [0.3, 0.4) is 0 Å². The summed E-state index contributed by atoms with van der Waals surface area (Å²) >= 11 is 5.95. The summed E-state index contributed by atoms with van der Waals surface area (Å²) in [6.07, 6.45) is 7.36. The Morgan fingerprint density at radius 2 is 1.67 bits per heavy atom. The van der Waals surface area contributed by atoms with Crippen LogP contribution in [0.15, 0.2) is 24.3 Å². The van der Waals surface area contributed by atoms with Gasteiger partial charge in [-0.25, -0.2) is 0 Å². The SMILES string of the molecule is O=C(COc1cccc(Cl)c1)N1CC[C@H]2[C@@H]1CCN2C(=O)CC1CCCC1. The van der Waals surface area contributed by atoms with Gasteiger partial charge in [0.1, 0.15) is 5.75 Å². The van der Waals surface area contributed by atoms with Crippen molar-refractivity contribution in [2.24, 2.45) is 5.92 Å². The first-order valence-corrected chi connectivity index (χ1v) is 10.5. The Labute approximate surface area is 165 Å². The second-order valence-corrected chi connectivity index (χ2v) is 8.42. The van der Waals surface area contributed by atoms with Crippen molar-refractivity contribution < 1.29 is 14.3 Å². The lowest BCUT2D eigenvalue weighted by Gasteiger charge is -2.26. The molecule has 1 saturated carbocycles. The van der Waals surface area contributed by atoms with E-state index in [0.29, 0.717) is 35.6 Å². The molecule has 2 heterocycles. The Balaban J connectivity index is 1.31. The number of benzene rings is 1. The summed E-state index contributed by atoms with van der Waals surface area (Å²) in [6.45, 7) is 1.50. The topological polar surface area (TPSA) is 49.9 Å². The number of amides is 2. The van der Waals surface area contributed by atoms with Crippen LogP contribution in [-0.2, 0) is 9.59 Å². The Morgan fingerprint density at radius 3 is 2.33 bits per heavy atom. The summed E-state index contributed by atoms with van der Waals surface area (Å²) in [7, 11) is 0. The lowest BCUT2D eigenvalue weighted by atomic mass is 10.0. The van der Waals surface area contributed by atoms with Crippen molar-refractivity contribution in [3.8, 4) is 5.75 Å². The molecule has 146 valence electrons. The minimum absolute atomic E-state index is 0.00688. The number of carbonyl (C=O) groups is 2. The fourth-order valence-corrected chi connectivity index (χ4v) is 5.15. The standard InChI is InChI=1S/C21H27ClN2O3/c22-16-6-3-7-17(13-16)27-14-21(26)24-11-9-18-19(24)8-10-23(18)20(25)12-15-4-1-2-5-15/h3,6-7,13,15,18-19H,1-2,4-5,8-12,14H2/t18-,19-/m0/s1. The highest BCUT2D eigenvalue weighted by atomic mass is 35.5. The number of rotatable bonds is 5. The Hall–Kier alpha value is -1.75. The van der Waals surface area contributed by atoms with Crippen molar-refractivity contribution in [1.82, 2.24) is 9.80 Å². The highest BCUT2D eigenvalue weighted by Gasteiger charge is 2.46. The molecule has 2 amide bonds. The monoisotopic (exact) mass is 390 g/mol. The van der Waals surface area contributed by atoms with Crippen LogP contribution in [0.4, 0.5) is 0 Å². The minimum atomic E-state index is -0.00688. The van der Waals surface area contributed by atoms with Crippen molar-refractivity contribution in [3.63, 3.8) is 0 Å². The van der Waals surface area contributed by atoms with E-state index < -0.39 is 0 Å². The third kappa shape index (κ3) is 4.08. The minimum Gasteiger partial charge on any atom is -0.484 e. The molecule has 0 aromatic heterocycles. The lowest BCUT2D eigenvalue weighted by Crippen LogP contribution is -2.43. The van der Waals surface area contributed by atoms with Gasteiger partial charge in [0.2, 0.25) is 5.91 Å². The Bertz CT molecular complexity index is 704. The van der Waals surface area contributed by atoms with Gasteiger partial charge in [-0.05, 0) is 49.8 Å². The number of likely N-dealkylation sites (tertiary alicyclic amines) is 2. The predicted molar refractivity (Wildman–Crippen MR) is 104 cm³/mol. The van der Waals surface area contributed by atoms with Crippen molar-refractivity contribution in [2.75, 3.05) is 19.7 Å².